The number of aromatic nitrogens is 1. The van der Waals surface area contributed by atoms with Gasteiger partial charge in [-0.3, -0.25) is 4.79 Å². The fourth-order valence-corrected chi connectivity index (χ4v) is 3.20. The van der Waals surface area contributed by atoms with E-state index >= 15 is 0 Å². The summed E-state index contributed by atoms with van der Waals surface area (Å²) in [4.78, 5) is 17.9. The molecule has 1 fully saturated rings. The van der Waals surface area contributed by atoms with Gasteiger partial charge in [0.1, 0.15) is 5.69 Å². The predicted octanol–water partition coefficient (Wildman–Crippen LogP) is -0.629. The van der Waals surface area contributed by atoms with Gasteiger partial charge in [0.2, 0.25) is 0 Å². The van der Waals surface area contributed by atoms with Gasteiger partial charge >= 0.3 is 0 Å². The Morgan fingerprint density at radius 3 is 2.95 bits per heavy atom. The van der Waals surface area contributed by atoms with Crippen molar-refractivity contribution in [2.75, 3.05) is 25.4 Å². The number of rotatable bonds is 4. The molecule has 1 saturated heterocycles. The molecule has 1 aromatic rings. The van der Waals surface area contributed by atoms with Crippen LogP contribution in [0, 0.1) is 5.92 Å². The van der Waals surface area contributed by atoms with Crippen LogP contribution in [-0.4, -0.2) is 43.8 Å². The second-order valence-corrected chi connectivity index (χ2v) is 6.99. The number of thiazole rings is 1. The molecular weight excluding hydrogens is 302 g/mol. The number of piperidine rings is 1. The molecule has 0 saturated carbocycles. The Bertz CT molecular complexity index is 585. The summed E-state index contributed by atoms with van der Waals surface area (Å²) in [6, 6.07) is 0. The maximum atomic E-state index is 12.2. The molecule has 1 unspecified atom stereocenters. The molecule has 0 bridgehead atoms. The van der Waals surface area contributed by atoms with E-state index in [2.05, 4.69) is 9.71 Å². The molecule has 2 heterocycles. The molecule has 20 heavy (non-hydrogen) atoms. The van der Waals surface area contributed by atoms with Crippen LogP contribution in [0.15, 0.2) is 5.38 Å². The van der Waals surface area contributed by atoms with E-state index in [1.165, 1.54) is 11.3 Å². The molecule has 1 aliphatic rings. The van der Waals surface area contributed by atoms with Crippen molar-refractivity contribution in [3.63, 3.8) is 0 Å². The van der Waals surface area contributed by atoms with Crippen LogP contribution in [0.3, 0.4) is 0 Å². The van der Waals surface area contributed by atoms with Crippen molar-refractivity contribution in [1.29, 1.82) is 0 Å². The molecule has 0 spiro atoms. The number of hydrogen-bond acceptors (Lipinski definition) is 6. The third-order valence-corrected chi connectivity index (χ3v) is 4.36. The molecule has 1 aromatic heterocycles. The van der Waals surface area contributed by atoms with Crippen molar-refractivity contribution >= 4 is 32.6 Å². The van der Waals surface area contributed by atoms with Crippen LogP contribution in [0.5, 0.6) is 0 Å². The highest BCUT2D eigenvalue weighted by atomic mass is 32.2. The fourth-order valence-electron chi connectivity index (χ4n) is 2.20. The minimum Gasteiger partial charge on any atom is -0.375 e. The summed E-state index contributed by atoms with van der Waals surface area (Å²) in [6.45, 7) is 1.36. The van der Waals surface area contributed by atoms with Crippen molar-refractivity contribution < 1.29 is 13.2 Å². The quantitative estimate of drug-likeness (QED) is 0.680. The third-order valence-electron chi connectivity index (χ3n) is 3.12. The molecule has 1 aliphatic heterocycles. The summed E-state index contributed by atoms with van der Waals surface area (Å²) in [5, 5.41) is 6.89. The summed E-state index contributed by atoms with van der Waals surface area (Å²) in [6.07, 6.45) is 1.67. The van der Waals surface area contributed by atoms with E-state index in [1.54, 1.807) is 10.3 Å². The van der Waals surface area contributed by atoms with Crippen LogP contribution in [0.25, 0.3) is 0 Å². The molecule has 0 radical (unpaired) electrons. The molecule has 8 nitrogen and oxygen atoms in total. The average molecular weight is 319 g/mol. The summed E-state index contributed by atoms with van der Waals surface area (Å²) in [5.41, 5.74) is 5.86. The van der Waals surface area contributed by atoms with Gasteiger partial charge in [0.05, 0.1) is 0 Å². The van der Waals surface area contributed by atoms with Crippen LogP contribution in [0.2, 0.25) is 0 Å². The van der Waals surface area contributed by atoms with Gasteiger partial charge in [-0.05, 0) is 18.8 Å². The second-order valence-electron chi connectivity index (χ2n) is 4.72. The van der Waals surface area contributed by atoms with Gasteiger partial charge in [-0.15, -0.1) is 11.3 Å². The minimum absolute atomic E-state index is 0.0574. The molecule has 1 amide bonds. The number of likely N-dealkylation sites (tertiary alicyclic amines) is 1. The van der Waals surface area contributed by atoms with Gasteiger partial charge < -0.3 is 10.6 Å². The molecule has 0 aromatic carbocycles. The van der Waals surface area contributed by atoms with E-state index in [9.17, 15) is 13.2 Å². The molecule has 0 aliphatic carbocycles. The summed E-state index contributed by atoms with van der Waals surface area (Å²) in [5.74, 6) is -0.111. The number of nitrogens with zero attached hydrogens (tertiary/aromatic N) is 2. The maximum absolute atomic E-state index is 12.2. The topological polar surface area (TPSA) is 131 Å². The van der Waals surface area contributed by atoms with Crippen LogP contribution in [-0.2, 0) is 10.2 Å². The number of amides is 1. The van der Waals surface area contributed by atoms with Crippen molar-refractivity contribution in [1.82, 2.24) is 14.6 Å². The highest BCUT2D eigenvalue weighted by Crippen LogP contribution is 2.19. The Morgan fingerprint density at radius 2 is 2.35 bits per heavy atom. The number of nitrogens with one attached hydrogen (secondary N) is 1. The highest BCUT2D eigenvalue weighted by Gasteiger charge is 2.26. The largest absolute Gasteiger partial charge is 0.375 e. The highest BCUT2D eigenvalue weighted by molar-refractivity contribution is 7.87. The van der Waals surface area contributed by atoms with Crippen LogP contribution in [0.4, 0.5) is 5.13 Å². The third kappa shape index (κ3) is 4.13. The predicted molar refractivity (Wildman–Crippen MR) is 76.3 cm³/mol. The van der Waals surface area contributed by atoms with E-state index in [0.29, 0.717) is 23.9 Å². The SMILES string of the molecule is Nc1nc(C(=O)N2CCCC(CNS(N)(=O)=O)C2)cs1. The number of anilines is 1. The molecule has 5 N–H and O–H groups in total. The van der Waals surface area contributed by atoms with E-state index in [0.717, 1.165) is 12.8 Å². The Labute approximate surface area is 121 Å². The number of hydrogen-bond donors (Lipinski definition) is 3. The Morgan fingerprint density at radius 1 is 1.60 bits per heavy atom. The number of nitrogens with two attached hydrogens (primary N) is 2. The molecule has 1 atom stereocenters. The van der Waals surface area contributed by atoms with Crippen LogP contribution in [0.1, 0.15) is 23.3 Å². The Kier molecular flexibility index (Phi) is 4.58. The Hall–Kier alpha value is -1.23. The average Bonchev–Trinajstić information content (AvgIpc) is 2.82. The van der Waals surface area contributed by atoms with Crippen molar-refractivity contribution in [3.8, 4) is 0 Å². The first-order valence-electron chi connectivity index (χ1n) is 6.13. The molecule has 112 valence electrons. The van der Waals surface area contributed by atoms with Gasteiger partial charge in [-0.2, -0.15) is 8.42 Å². The molecular formula is C10H17N5O3S2. The summed E-state index contributed by atoms with van der Waals surface area (Å²) < 4.78 is 24.0. The lowest BCUT2D eigenvalue weighted by atomic mass is 9.98. The lowest BCUT2D eigenvalue weighted by molar-refractivity contribution is 0.0671. The zero-order valence-electron chi connectivity index (χ0n) is 10.8. The van der Waals surface area contributed by atoms with E-state index < -0.39 is 10.2 Å². The van der Waals surface area contributed by atoms with Gasteiger partial charge in [-0.1, -0.05) is 0 Å². The second kappa shape index (κ2) is 6.04. The first kappa shape index (κ1) is 15.2. The van der Waals surface area contributed by atoms with Crippen molar-refractivity contribution in [2.24, 2.45) is 11.1 Å². The fraction of sp³-hybridized carbons (Fsp3) is 0.600. The van der Waals surface area contributed by atoms with Gasteiger partial charge in [0.25, 0.3) is 16.1 Å². The van der Waals surface area contributed by atoms with Crippen molar-refractivity contribution in [2.45, 2.75) is 12.8 Å². The van der Waals surface area contributed by atoms with Crippen LogP contribution >= 0.6 is 11.3 Å². The normalized spacial score (nSPS) is 20.1. The zero-order valence-corrected chi connectivity index (χ0v) is 12.4. The first-order valence-corrected chi connectivity index (χ1v) is 8.55. The standard InChI is InChI=1S/C10H17N5O3S2/c11-10-14-8(6-19-10)9(16)15-3-1-2-7(5-15)4-13-20(12,17)18/h6-7,13H,1-5H2,(H2,11,14)(H2,12,17,18). The smallest absolute Gasteiger partial charge is 0.274 e. The lowest BCUT2D eigenvalue weighted by Gasteiger charge is -2.32. The van der Waals surface area contributed by atoms with E-state index in [1.807, 2.05) is 0 Å². The zero-order chi connectivity index (χ0) is 14.8. The van der Waals surface area contributed by atoms with Gasteiger partial charge in [-0.25, -0.2) is 14.8 Å². The Balaban J connectivity index is 1.94. The lowest BCUT2D eigenvalue weighted by Crippen LogP contribution is -2.44. The summed E-state index contributed by atoms with van der Waals surface area (Å²) >= 11 is 1.22. The number of nitrogen functional groups attached to an aromatic ring is 1. The molecule has 2 rings (SSSR count). The van der Waals surface area contributed by atoms with Gasteiger partial charge in [0.15, 0.2) is 5.13 Å². The number of carbonyl (C=O) groups excluding carboxylic acids is 1. The van der Waals surface area contributed by atoms with Crippen LogP contribution < -0.4 is 15.6 Å². The van der Waals surface area contributed by atoms with E-state index in [4.69, 9.17) is 10.9 Å². The van der Waals surface area contributed by atoms with E-state index in [-0.39, 0.29) is 18.4 Å². The van der Waals surface area contributed by atoms with Crippen molar-refractivity contribution in [3.05, 3.63) is 11.1 Å². The first-order chi connectivity index (χ1) is 9.35. The summed E-state index contributed by atoms with van der Waals surface area (Å²) in [7, 11) is -3.69. The number of carbonyl (C=O) groups is 1. The maximum Gasteiger partial charge on any atom is 0.274 e. The monoisotopic (exact) mass is 319 g/mol. The minimum atomic E-state index is -3.69. The molecule has 10 heteroatoms. The van der Waals surface area contributed by atoms with Gasteiger partial charge in [0, 0.05) is 25.0 Å².